The standard InChI is InChI=1S/C13H19NO5/c1-9(2)14(8-12(15)17-3)7-10-5-6-11(19-10)13(16)18-4/h5-6,9H,7-8H2,1-4H3. The van der Waals surface area contributed by atoms with Crippen LogP contribution in [0.2, 0.25) is 0 Å². The molecule has 1 heterocycles. The molecule has 0 radical (unpaired) electrons. The quantitative estimate of drug-likeness (QED) is 0.728. The van der Waals surface area contributed by atoms with Crippen molar-refractivity contribution in [2.45, 2.75) is 26.4 Å². The van der Waals surface area contributed by atoms with Crippen molar-refractivity contribution >= 4 is 11.9 Å². The molecule has 1 aromatic heterocycles. The summed E-state index contributed by atoms with van der Waals surface area (Å²) in [6.45, 7) is 4.52. The van der Waals surface area contributed by atoms with Crippen LogP contribution in [0.5, 0.6) is 0 Å². The van der Waals surface area contributed by atoms with Gasteiger partial charge in [0.2, 0.25) is 5.76 Å². The Labute approximate surface area is 112 Å². The predicted octanol–water partition coefficient (Wildman–Crippen LogP) is 1.45. The highest BCUT2D eigenvalue weighted by molar-refractivity contribution is 5.86. The van der Waals surface area contributed by atoms with Gasteiger partial charge in [-0.3, -0.25) is 9.69 Å². The molecule has 0 saturated heterocycles. The Bertz CT molecular complexity index is 438. The molecule has 0 bridgehead atoms. The van der Waals surface area contributed by atoms with Crippen LogP contribution in [0.15, 0.2) is 16.5 Å². The summed E-state index contributed by atoms with van der Waals surface area (Å²) >= 11 is 0. The molecule has 0 atom stereocenters. The summed E-state index contributed by atoms with van der Waals surface area (Å²) in [6, 6.07) is 3.39. The first-order valence-corrected chi connectivity index (χ1v) is 5.95. The zero-order valence-corrected chi connectivity index (χ0v) is 11.6. The number of rotatable bonds is 6. The SMILES string of the molecule is COC(=O)CN(Cc1ccc(C(=O)OC)o1)C(C)C. The average Bonchev–Trinajstić information content (AvgIpc) is 2.85. The lowest BCUT2D eigenvalue weighted by Crippen LogP contribution is -2.35. The van der Waals surface area contributed by atoms with E-state index in [4.69, 9.17) is 4.42 Å². The first kappa shape index (κ1) is 15.2. The molecule has 1 aromatic rings. The predicted molar refractivity (Wildman–Crippen MR) is 67.6 cm³/mol. The molecule has 0 amide bonds. The first-order chi connectivity index (χ1) is 8.97. The van der Waals surface area contributed by atoms with Gasteiger partial charge in [0.05, 0.1) is 27.3 Å². The zero-order valence-electron chi connectivity index (χ0n) is 11.6. The average molecular weight is 269 g/mol. The van der Waals surface area contributed by atoms with Crippen LogP contribution in [-0.2, 0) is 20.8 Å². The summed E-state index contributed by atoms with van der Waals surface area (Å²) in [7, 11) is 2.64. The lowest BCUT2D eigenvalue weighted by Gasteiger charge is -2.23. The maximum atomic E-state index is 11.3. The number of carbonyl (C=O) groups excluding carboxylic acids is 2. The number of esters is 2. The van der Waals surface area contributed by atoms with Gasteiger partial charge < -0.3 is 13.9 Å². The minimum Gasteiger partial charge on any atom is -0.468 e. The summed E-state index contributed by atoms with van der Waals surface area (Å²) < 4.78 is 14.6. The number of carbonyl (C=O) groups is 2. The fourth-order valence-electron chi connectivity index (χ4n) is 1.52. The molecule has 6 heteroatoms. The number of hydrogen-bond donors (Lipinski definition) is 0. The van der Waals surface area contributed by atoms with Crippen molar-refractivity contribution in [1.82, 2.24) is 4.90 Å². The van der Waals surface area contributed by atoms with Gasteiger partial charge in [-0.25, -0.2) is 4.79 Å². The molecular formula is C13H19NO5. The Morgan fingerprint density at radius 1 is 1.26 bits per heavy atom. The molecule has 106 valence electrons. The number of furan rings is 1. The van der Waals surface area contributed by atoms with Crippen LogP contribution in [0, 0.1) is 0 Å². The number of methoxy groups -OCH3 is 2. The van der Waals surface area contributed by atoms with Crippen LogP contribution in [0.25, 0.3) is 0 Å². The monoisotopic (exact) mass is 269 g/mol. The fourth-order valence-corrected chi connectivity index (χ4v) is 1.52. The minimum absolute atomic E-state index is 0.144. The van der Waals surface area contributed by atoms with E-state index in [1.165, 1.54) is 14.2 Å². The van der Waals surface area contributed by atoms with E-state index in [0.717, 1.165) is 0 Å². The Hall–Kier alpha value is -1.82. The molecule has 0 fully saturated rings. The highest BCUT2D eigenvalue weighted by Crippen LogP contribution is 2.13. The normalized spacial score (nSPS) is 10.8. The van der Waals surface area contributed by atoms with E-state index in [1.54, 1.807) is 12.1 Å². The highest BCUT2D eigenvalue weighted by Gasteiger charge is 2.18. The van der Waals surface area contributed by atoms with E-state index < -0.39 is 5.97 Å². The molecule has 0 aliphatic heterocycles. The van der Waals surface area contributed by atoms with Gasteiger partial charge >= 0.3 is 11.9 Å². The van der Waals surface area contributed by atoms with Crippen LogP contribution in [0.1, 0.15) is 30.2 Å². The number of hydrogen-bond acceptors (Lipinski definition) is 6. The largest absolute Gasteiger partial charge is 0.468 e. The smallest absolute Gasteiger partial charge is 0.373 e. The zero-order chi connectivity index (χ0) is 14.4. The fraction of sp³-hybridized carbons (Fsp3) is 0.538. The van der Waals surface area contributed by atoms with Crippen molar-refractivity contribution < 1.29 is 23.5 Å². The van der Waals surface area contributed by atoms with Crippen LogP contribution in [0.4, 0.5) is 0 Å². The Morgan fingerprint density at radius 3 is 2.47 bits per heavy atom. The minimum atomic E-state index is -0.518. The van der Waals surface area contributed by atoms with Gasteiger partial charge in [-0.15, -0.1) is 0 Å². The van der Waals surface area contributed by atoms with Crippen molar-refractivity contribution in [3.05, 3.63) is 23.7 Å². The van der Waals surface area contributed by atoms with Gasteiger partial charge in [-0.1, -0.05) is 0 Å². The lowest BCUT2D eigenvalue weighted by molar-refractivity contribution is -0.142. The van der Waals surface area contributed by atoms with Crippen LogP contribution in [0.3, 0.4) is 0 Å². The summed E-state index contributed by atoms with van der Waals surface area (Å²) in [5.74, 6) is -0.0824. The van der Waals surface area contributed by atoms with Crippen LogP contribution >= 0.6 is 0 Å². The van der Waals surface area contributed by atoms with Gasteiger partial charge in [0, 0.05) is 6.04 Å². The molecule has 0 aliphatic carbocycles. The Morgan fingerprint density at radius 2 is 1.95 bits per heavy atom. The van der Waals surface area contributed by atoms with Gasteiger partial charge in [-0.05, 0) is 26.0 Å². The number of ether oxygens (including phenoxy) is 2. The molecule has 19 heavy (non-hydrogen) atoms. The van der Waals surface area contributed by atoms with Gasteiger partial charge in [-0.2, -0.15) is 0 Å². The Kier molecular flexibility index (Phi) is 5.57. The van der Waals surface area contributed by atoms with E-state index in [0.29, 0.717) is 12.3 Å². The van der Waals surface area contributed by atoms with Gasteiger partial charge in [0.15, 0.2) is 0 Å². The molecule has 0 spiro atoms. The van der Waals surface area contributed by atoms with Gasteiger partial charge in [0.25, 0.3) is 0 Å². The molecule has 1 rings (SSSR count). The molecule has 0 aromatic carbocycles. The summed E-state index contributed by atoms with van der Waals surface area (Å²) in [5, 5.41) is 0. The van der Waals surface area contributed by atoms with E-state index >= 15 is 0 Å². The van der Waals surface area contributed by atoms with E-state index in [1.807, 2.05) is 18.7 Å². The number of nitrogens with zero attached hydrogens (tertiary/aromatic N) is 1. The van der Waals surface area contributed by atoms with E-state index in [9.17, 15) is 9.59 Å². The second kappa shape index (κ2) is 6.94. The third-order valence-electron chi connectivity index (χ3n) is 2.70. The first-order valence-electron chi connectivity index (χ1n) is 5.95. The summed E-state index contributed by atoms with van der Waals surface area (Å²) in [4.78, 5) is 24.5. The third kappa shape index (κ3) is 4.40. The Balaban J connectivity index is 2.71. The maximum Gasteiger partial charge on any atom is 0.373 e. The molecular weight excluding hydrogens is 250 g/mol. The van der Waals surface area contributed by atoms with Crippen molar-refractivity contribution in [3.63, 3.8) is 0 Å². The highest BCUT2D eigenvalue weighted by atomic mass is 16.5. The molecule has 0 saturated carbocycles. The summed E-state index contributed by atoms with van der Waals surface area (Å²) in [6.07, 6.45) is 0. The van der Waals surface area contributed by atoms with Gasteiger partial charge in [0.1, 0.15) is 5.76 Å². The second-order valence-electron chi connectivity index (χ2n) is 4.33. The maximum absolute atomic E-state index is 11.3. The van der Waals surface area contributed by atoms with E-state index in [2.05, 4.69) is 9.47 Å². The molecule has 0 unspecified atom stereocenters. The van der Waals surface area contributed by atoms with Crippen molar-refractivity contribution in [3.8, 4) is 0 Å². The molecule has 0 aliphatic rings. The van der Waals surface area contributed by atoms with Crippen LogP contribution < -0.4 is 0 Å². The van der Waals surface area contributed by atoms with Crippen molar-refractivity contribution in [2.75, 3.05) is 20.8 Å². The third-order valence-corrected chi connectivity index (χ3v) is 2.70. The van der Waals surface area contributed by atoms with Crippen molar-refractivity contribution in [2.24, 2.45) is 0 Å². The summed E-state index contributed by atoms with van der Waals surface area (Å²) in [5.41, 5.74) is 0. The topological polar surface area (TPSA) is 69.0 Å². The molecule has 6 nitrogen and oxygen atoms in total. The van der Waals surface area contributed by atoms with E-state index in [-0.39, 0.29) is 24.3 Å². The van der Waals surface area contributed by atoms with Crippen molar-refractivity contribution in [1.29, 1.82) is 0 Å². The second-order valence-corrected chi connectivity index (χ2v) is 4.33. The lowest BCUT2D eigenvalue weighted by atomic mass is 10.3. The van der Waals surface area contributed by atoms with Crippen LogP contribution in [-0.4, -0.2) is 43.6 Å². The molecule has 0 N–H and O–H groups in total.